The smallest absolute Gasteiger partial charge is 0.199 e. The van der Waals surface area contributed by atoms with Crippen LogP contribution in [0.4, 0.5) is 0 Å². The molecule has 1 saturated heterocycles. The summed E-state index contributed by atoms with van der Waals surface area (Å²) in [6.45, 7) is 2.68. The third kappa shape index (κ3) is 3.93. The summed E-state index contributed by atoms with van der Waals surface area (Å²) >= 11 is 3.52. The zero-order valence-corrected chi connectivity index (χ0v) is 14.0. The van der Waals surface area contributed by atoms with E-state index in [2.05, 4.69) is 20.7 Å². The Kier molecular flexibility index (Phi) is 5.69. The monoisotopic (exact) mass is 352 g/mol. The zero-order valence-electron chi connectivity index (χ0n) is 11.6. The molecular formula is C13H25BrN2O2S. The van der Waals surface area contributed by atoms with E-state index >= 15 is 0 Å². The molecule has 0 spiro atoms. The molecule has 112 valence electrons. The first-order chi connectivity index (χ1) is 9.04. The topological polar surface area (TPSA) is 49.4 Å². The number of piperidine rings is 1. The molecule has 0 aromatic rings. The fourth-order valence-electron chi connectivity index (χ4n) is 3.24. The minimum absolute atomic E-state index is 0.104. The summed E-state index contributed by atoms with van der Waals surface area (Å²) in [7, 11) is -3.31. The fourth-order valence-corrected chi connectivity index (χ4v) is 5.79. The molecule has 2 aliphatic rings. The van der Waals surface area contributed by atoms with E-state index in [4.69, 9.17) is 0 Å². The summed E-state index contributed by atoms with van der Waals surface area (Å²) < 4.78 is 29.7. The average Bonchev–Trinajstić information content (AvgIpc) is 2.39. The molecule has 0 aromatic heterocycles. The van der Waals surface area contributed by atoms with Crippen LogP contribution in [0.1, 0.15) is 51.9 Å². The van der Waals surface area contributed by atoms with Crippen molar-refractivity contribution in [1.82, 2.24) is 9.03 Å². The van der Waals surface area contributed by atoms with E-state index in [1.165, 1.54) is 6.42 Å². The van der Waals surface area contributed by atoms with Gasteiger partial charge in [-0.1, -0.05) is 35.2 Å². The maximum absolute atomic E-state index is 12.5. The van der Waals surface area contributed by atoms with Crippen molar-refractivity contribution < 1.29 is 8.42 Å². The fraction of sp³-hybridized carbons (Fsp3) is 1.00. The van der Waals surface area contributed by atoms with Crippen molar-refractivity contribution in [2.45, 2.75) is 64.0 Å². The first-order valence-electron chi connectivity index (χ1n) is 7.39. The molecule has 0 radical (unpaired) electrons. The maximum atomic E-state index is 12.5. The van der Waals surface area contributed by atoms with Gasteiger partial charge in [0.2, 0.25) is 0 Å². The highest BCUT2D eigenvalue weighted by atomic mass is 79.9. The molecule has 0 aromatic carbocycles. The van der Waals surface area contributed by atoms with Gasteiger partial charge in [0.05, 0.1) is 0 Å². The lowest BCUT2D eigenvalue weighted by Crippen LogP contribution is -2.52. The minimum atomic E-state index is -3.31. The quantitative estimate of drug-likeness (QED) is 0.790. The summed E-state index contributed by atoms with van der Waals surface area (Å²) in [5.41, 5.74) is 0. The van der Waals surface area contributed by atoms with Crippen LogP contribution < -0.4 is 4.72 Å². The Hall–Kier alpha value is 0.350. The first kappa shape index (κ1) is 15.7. The van der Waals surface area contributed by atoms with Gasteiger partial charge < -0.3 is 0 Å². The first-order valence-corrected chi connectivity index (χ1v) is 9.96. The summed E-state index contributed by atoms with van der Waals surface area (Å²) in [6.07, 6.45) is 7.54. The molecule has 0 bridgehead atoms. The van der Waals surface area contributed by atoms with E-state index in [1.54, 1.807) is 4.31 Å². The molecule has 2 fully saturated rings. The highest BCUT2D eigenvalue weighted by Crippen LogP contribution is 2.27. The molecule has 6 heteroatoms. The Balaban J connectivity index is 2.03. The van der Waals surface area contributed by atoms with Crippen LogP contribution in [0, 0.1) is 5.92 Å². The van der Waals surface area contributed by atoms with Crippen molar-refractivity contribution in [3.63, 3.8) is 0 Å². The van der Waals surface area contributed by atoms with Gasteiger partial charge >= 0.3 is 0 Å². The van der Waals surface area contributed by atoms with Gasteiger partial charge in [-0.2, -0.15) is 17.4 Å². The van der Waals surface area contributed by atoms with Crippen LogP contribution in [-0.2, 0) is 10.2 Å². The maximum Gasteiger partial charge on any atom is 0.279 e. The second-order valence-electron chi connectivity index (χ2n) is 5.88. The van der Waals surface area contributed by atoms with Crippen molar-refractivity contribution in [2.24, 2.45) is 5.92 Å². The van der Waals surface area contributed by atoms with Gasteiger partial charge in [-0.25, -0.2) is 0 Å². The summed E-state index contributed by atoms with van der Waals surface area (Å²) in [6, 6.07) is 0.240. The number of hydrogen-bond donors (Lipinski definition) is 1. The van der Waals surface area contributed by atoms with Crippen LogP contribution in [0.2, 0.25) is 0 Å². The predicted octanol–water partition coefficient (Wildman–Crippen LogP) is 2.65. The second-order valence-corrected chi connectivity index (χ2v) is 8.19. The molecule has 1 aliphatic heterocycles. The summed E-state index contributed by atoms with van der Waals surface area (Å²) in [5, 5.41) is 0.885. The third-order valence-electron chi connectivity index (χ3n) is 4.46. The minimum Gasteiger partial charge on any atom is -0.199 e. The molecule has 1 heterocycles. The van der Waals surface area contributed by atoms with Gasteiger partial charge in [0.15, 0.2) is 0 Å². The van der Waals surface area contributed by atoms with Crippen molar-refractivity contribution >= 4 is 26.1 Å². The number of halogens is 1. The lowest BCUT2D eigenvalue weighted by atomic mass is 9.87. The third-order valence-corrected chi connectivity index (χ3v) is 7.05. The SMILES string of the molecule is CC1CCCCN1S(=O)(=O)NC1CCCCC1CBr. The van der Waals surface area contributed by atoms with E-state index in [0.29, 0.717) is 12.5 Å². The number of alkyl halides is 1. The van der Waals surface area contributed by atoms with Crippen molar-refractivity contribution in [2.75, 3.05) is 11.9 Å². The highest BCUT2D eigenvalue weighted by Gasteiger charge is 2.34. The Morgan fingerprint density at radius 1 is 1.16 bits per heavy atom. The lowest BCUT2D eigenvalue weighted by molar-refractivity contribution is 0.254. The van der Waals surface area contributed by atoms with Crippen molar-refractivity contribution in [3.05, 3.63) is 0 Å². The zero-order chi connectivity index (χ0) is 13.9. The van der Waals surface area contributed by atoms with Gasteiger partial charge in [0.25, 0.3) is 10.2 Å². The van der Waals surface area contributed by atoms with E-state index in [-0.39, 0.29) is 12.1 Å². The number of hydrogen-bond acceptors (Lipinski definition) is 2. The van der Waals surface area contributed by atoms with Crippen molar-refractivity contribution in [3.8, 4) is 0 Å². The Morgan fingerprint density at radius 2 is 1.84 bits per heavy atom. The lowest BCUT2D eigenvalue weighted by Gasteiger charge is -2.36. The normalized spacial score (nSPS) is 34.3. The second kappa shape index (κ2) is 6.87. The number of nitrogens with one attached hydrogen (secondary N) is 1. The molecule has 4 nitrogen and oxygen atoms in total. The van der Waals surface area contributed by atoms with Crippen LogP contribution in [0.3, 0.4) is 0 Å². The molecule has 19 heavy (non-hydrogen) atoms. The van der Waals surface area contributed by atoms with E-state index in [1.807, 2.05) is 6.92 Å². The summed E-state index contributed by atoms with van der Waals surface area (Å²) in [5.74, 6) is 0.434. The number of rotatable bonds is 4. The van der Waals surface area contributed by atoms with E-state index in [9.17, 15) is 8.42 Å². The van der Waals surface area contributed by atoms with Crippen LogP contribution in [0.15, 0.2) is 0 Å². The molecule has 1 N–H and O–H groups in total. The van der Waals surface area contributed by atoms with Crippen molar-refractivity contribution in [1.29, 1.82) is 0 Å². The van der Waals surface area contributed by atoms with Crippen LogP contribution in [0.5, 0.6) is 0 Å². The largest absolute Gasteiger partial charge is 0.279 e. The van der Waals surface area contributed by atoms with Crippen LogP contribution in [0.25, 0.3) is 0 Å². The van der Waals surface area contributed by atoms with Crippen LogP contribution >= 0.6 is 15.9 Å². The molecule has 1 aliphatic carbocycles. The van der Waals surface area contributed by atoms with Gasteiger partial charge in [-0.15, -0.1) is 0 Å². The summed E-state index contributed by atoms with van der Waals surface area (Å²) in [4.78, 5) is 0. The molecule has 0 amide bonds. The molecular weight excluding hydrogens is 328 g/mol. The highest BCUT2D eigenvalue weighted by molar-refractivity contribution is 9.09. The van der Waals surface area contributed by atoms with Gasteiger partial charge in [0.1, 0.15) is 0 Å². The standard InChI is InChI=1S/C13H25BrN2O2S/c1-11-6-4-5-9-16(11)19(17,18)15-13-8-3-2-7-12(13)10-14/h11-13,15H,2-10H2,1H3. The number of nitrogens with zero attached hydrogens (tertiary/aromatic N) is 1. The average molecular weight is 353 g/mol. The van der Waals surface area contributed by atoms with Gasteiger partial charge in [-0.05, 0) is 38.5 Å². The van der Waals surface area contributed by atoms with Gasteiger partial charge in [0, 0.05) is 24.0 Å². The van der Waals surface area contributed by atoms with E-state index < -0.39 is 10.2 Å². The van der Waals surface area contributed by atoms with Gasteiger partial charge in [-0.3, -0.25) is 0 Å². The predicted molar refractivity (Wildman–Crippen MR) is 81.6 cm³/mol. The molecule has 1 saturated carbocycles. The van der Waals surface area contributed by atoms with Crippen LogP contribution in [-0.4, -0.2) is 36.7 Å². The Labute approximate surface area is 125 Å². The molecule has 3 atom stereocenters. The molecule has 2 rings (SSSR count). The Morgan fingerprint density at radius 3 is 2.53 bits per heavy atom. The Bertz CT molecular complexity index is 388. The van der Waals surface area contributed by atoms with E-state index in [0.717, 1.165) is 43.9 Å². The molecule has 3 unspecified atom stereocenters.